The largest absolute Gasteiger partial charge is 0.526 e. The van der Waals surface area contributed by atoms with Crippen LogP contribution in [0.4, 0.5) is 4.39 Å². The summed E-state index contributed by atoms with van der Waals surface area (Å²) in [6.07, 6.45) is 0. The quantitative estimate of drug-likeness (QED) is 0.618. The van der Waals surface area contributed by atoms with Crippen LogP contribution in [0.1, 0.15) is 0 Å². The van der Waals surface area contributed by atoms with Crippen molar-refractivity contribution < 1.29 is 18.9 Å². The predicted octanol–water partition coefficient (Wildman–Crippen LogP) is 0.252. The summed E-state index contributed by atoms with van der Waals surface area (Å²) in [4.78, 5) is 0. The number of hydrogen-bond donors (Lipinski definition) is 2. The van der Waals surface area contributed by atoms with Gasteiger partial charge in [0, 0.05) is 11.5 Å². The third kappa shape index (κ3) is 1.43. The highest BCUT2D eigenvalue weighted by Crippen LogP contribution is 2.14. The number of benzene rings is 1. The van der Waals surface area contributed by atoms with E-state index in [1.54, 1.807) is 0 Å². The summed E-state index contributed by atoms with van der Waals surface area (Å²) >= 11 is 0. The maximum absolute atomic E-state index is 12.7. The van der Waals surface area contributed by atoms with E-state index in [1.165, 1.54) is 24.3 Å². The van der Waals surface area contributed by atoms with Crippen LogP contribution in [-0.2, 0) is 0 Å². The van der Waals surface area contributed by atoms with E-state index >= 15 is 0 Å². The Labute approximate surface area is 73.6 Å². The first-order chi connectivity index (χ1) is 6.16. The summed E-state index contributed by atoms with van der Waals surface area (Å²) < 4.78 is 17.6. The van der Waals surface area contributed by atoms with Crippen molar-refractivity contribution in [2.45, 2.75) is 0 Å². The summed E-state index contributed by atoms with van der Waals surface area (Å²) in [5, 5.41) is 18.2. The van der Waals surface area contributed by atoms with Crippen molar-refractivity contribution in [3.63, 3.8) is 0 Å². The predicted molar refractivity (Wildman–Crippen MR) is 46.0 cm³/mol. The molecular formula is C8H6BFO3. The molecule has 2 rings (SSSR count). The van der Waals surface area contributed by atoms with Crippen LogP contribution >= 0.6 is 0 Å². The summed E-state index contributed by atoms with van der Waals surface area (Å²) in [6, 6.07) is 5.45. The zero-order valence-electron chi connectivity index (χ0n) is 6.57. The monoisotopic (exact) mass is 180 g/mol. The highest BCUT2D eigenvalue weighted by Gasteiger charge is 2.16. The smallest absolute Gasteiger partial charge is 0.465 e. The van der Waals surface area contributed by atoms with Crippen LogP contribution in [0, 0.1) is 5.82 Å². The van der Waals surface area contributed by atoms with Gasteiger partial charge in [-0.15, -0.1) is 0 Å². The Kier molecular flexibility index (Phi) is 1.83. The Bertz CT molecular complexity index is 438. The first-order valence-corrected chi connectivity index (χ1v) is 3.72. The fraction of sp³-hybridized carbons (Fsp3) is 0. The van der Waals surface area contributed by atoms with Gasteiger partial charge in [-0.3, -0.25) is 0 Å². The molecule has 0 aliphatic rings. The van der Waals surface area contributed by atoms with Gasteiger partial charge in [0.2, 0.25) is 0 Å². The van der Waals surface area contributed by atoms with Gasteiger partial charge in [0.25, 0.3) is 0 Å². The van der Waals surface area contributed by atoms with E-state index in [2.05, 4.69) is 0 Å². The number of fused-ring (bicyclic) bond motifs is 1. The first-order valence-electron chi connectivity index (χ1n) is 3.72. The van der Waals surface area contributed by atoms with Gasteiger partial charge in [0.1, 0.15) is 17.1 Å². The van der Waals surface area contributed by atoms with Crippen LogP contribution < -0.4 is 5.66 Å². The van der Waals surface area contributed by atoms with E-state index in [1.807, 2.05) is 0 Å². The lowest BCUT2D eigenvalue weighted by atomic mass is 9.88. The third-order valence-electron chi connectivity index (χ3n) is 1.76. The second kappa shape index (κ2) is 2.87. The highest BCUT2D eigenvalue weighted by atomic mass is 19.1. The van der Waals surface area contributed by atoms with Gasteiger partial charge in [0.05, 0.1) is 0 Å². The van der Waals surface area contributed by atoms with Crippen LogP contribution in [0.15, 0.2) is 28.7 Å². The molecular weight excluding hydrogens is 174 g/mol. The zero-order chi connectivity index (χ0) is 9.42. The molecule has 13 heavy (non-hydrogen) atoms. The zero-order valence-corrected chi connectivity index (χ0v) is 6.57. The van der Waals surface area contributed by atoms with Crippen LogP contribution in [0.3, 0.4) is 0 Å². The minimum Gasteiger partial charge on any atom is -0.465 e. The van der Waals surface area contributed by atoms with Gasteiger partial charge in [-0.2, -0.15) is 0 Å². The lowest BCUT2D eigenvalue weighted by molar-refractivity contribution is 0.412. The van der Waals surface area contributed by atoms with Crippen molar-refractivity contribution >= 4 is 23.7 Å². The van der Waals surface area contributed by atoms with Gasteiger partial charge < -0.3 is 14.5 Å². The van der Waals surface area contributed by atoms with E-state index in [9.17, 15) is 4.39 Å². The highest BCUT2D eigenvalue weighted by molar-refractivity contribution is 6.57. The Morgan fingerprint density at radius 2 is 2.00 bits per heavy atom. The fourth-order valence-electron chi connectivity index (χ4n) is 1.15. The molecule has 0 aliphatic heterocycles. The minimum atomic E-state index is -1.66. The Hall–Kier alpha value is -1.33. The molecule has 2 aromatic rings. The van der Waals surface area contributed by atoms with E-state index in [0.29, 0.717) is 11.0 Å². The van der Waals surface area contributed by atoms with Crippen LogP contribution in [0.2, 0.25) is 0 Å². The molecule has 0 fully saturated rings. The van der Waals surface area contributed by atoms with Crippen LogP contribution in [0.25, 0.3) is 11.0 Å². The maximum Gasteiger partial charge on any atom is 0.526 e. The molecule has 0 bridgehead atoms. The lowest BCUT2D eigenvalue weighted by Crippen LogP contribution is -2.27. The van der Waals surface area contributed by atoms with Gasteiger partial charge in [-0.05, 0) is 18.2 Å². The van der Waals surface area contributed by atoms with Gasteiger partial charge in [-0.1, -0.05) is 0 Å². The van der Waals surface area contributed by atoms with E-state index in [4.69, 9.17) is 14.5 Å². The normalized spacial score (nSPS) is 10.7. The molecule has 1 aromatic carbocycles. The summed E-state index contributed by atoms with van der Waals surface area (Å²) in [7, 11) is -1.66. The Balaban J connectivity index is 2.62. The van der Waals surface area contributed by atoms with Crippen LogP contribution in [-0.4, -0.2) is 17.2 Å². The van der Waals surface area contributed by atoms with E-state index in [-0.39, 0.29) is 5.66 Å². The Morgan fingerprint density at radius 3 is 2.69 bits per heavy atom. The first kappa shape index (κ1) is 8.28. The average Bonchev–Trinajstić information content (AvgIpc) is 2.46. The van der Waals surface area contributed by atoms with Crippen molar-refractivity contribution in [1.29, 1.82) is 0 Å². The van der Waals surface area contributed by atoms with Crippen molar-refractivity contribution in [2.75, 3.05) is 0 Å². The number of halogens is 1. The number of furan rings is 1. The van der Waals surface area contributed by atoms with Gasteiger partial charge >= 0.3 is 7.12 Å². The Morgan fingerprint density at radius 1 is 1.23 bits per heavy atom. The average molecular weight is 180 g/mol. The maximum atomic E-state index is 12.7. The molecule has 0 spiro atoms. The molecule has 0 atom stereocenters. The molecule has 0 saturated carbocycles. The molecule has 0 radical (unpaired) electrons. The van der Waals surface area contributed by atoms with E-state index < -0.39 is 12.9 Å². The molecule has 1 aromatic heterocycles. The van der Waals surface area contributed by atoms with Crippen molar-refractivity contribution in [2.24, 2.45) is 0 Å². The fourth-order valence-corrected chi connectivity index (χ4v) is 1.15. The van der Waals surface area contributed by atoms with E-state index in [0.717, 1.165) is 0 Å². The van der Waals surface area contributed by atoms with Gasteiger partial charge in [-0.25, -0.2) is 4.39 Å². The number of hydrogen-bond acceptors (Lipinski definition) is 3. The third-order valence-corrected chi connectivity index (χ3v) is 1.76. The standard InChI is InChI=1S/C8H6BFO3/c10-6-2-1-5-3-8(9(11)12)13-7(5)4-6/h1-4,11-12H. The molecule has 2 N–H and O–H groups in total. The summed E-state index contributed by atoms with van der Waals surface area (Å²) in [5.41, 5.74) is 0.323. The molecule has 0 aliphatic carbocycles. The molecule has 0 unspecified atom stereocenters. The summed E-state index contributed by atoms with van der Waals surface area (Å²) in [6.45, 7) is 0. The lowest BCUT2D eigenvalue weighted by Gasteiger charge is -1.89. The molecule has 1 heterocycles. The molecule has 5 heteroatoms. The van der Waals surface area contributed by atoms with Gasteiger partial charge in [0.15, 0.2) is 0 Å². The second-order valence-electron chi connectivity index (χ2n) is 2.70. The molecule has 66 valence electrons. The topological polar surface area (TPSA) is 53.6 Å². The molecule has 0 saturated heterocycles. The van der Waals surface area contributed by atoms with Crippen molar-refractivity contribution in [3.8, 4) is 0 Å². The molecule has 0 amide bonds. The molecule has 3 nitrogen and oxygen atoms in total. The number of rotatable bonds is 1. The van der Waals surface area contributed by atoms with Crippen LogP contribution in [0.5, 0.6) is 0 Å². The minimum absolute atomic E-state index is 0.0144. The summed E-state index contributed by atoms with van der Waals surface area (Å²) in [5.74, 6) is -0.416. The second-order valence-corrected chi connectivity index (χ2v) is 2.70. The van der Waals surface area contributed by atoms with Crippen molar-refractivity contribution in [3.05, 3.63) is 30.1 Å². The van der Waals surface area contributed by atoms with Crippen molar-refractivity contribution in [1.82, 2.24) is 0 Å². The SMILES string of the molecule is OB(O)c1cc2ccc(F)cc2o1.